The molecule has 0 radical (unpaired) electrons. The first kappa shape index (κ1) is 13.6. The summed E-state index contributed by atoms with van der Waals surface area (Å²) < 4.78 is 7.72. The van der Waals surface area contributed by atoms with E-state index in [2.05, 4.69) is 11.9 Å². The molecular formula is C15H21N3O. The van der Waals surface area contributed by atoms with Gasteiger partial charge in [-0.2, -0.15) is 0 Å². The van der Waals surface area contributed by atoms with Gasteiger partial charge in [-0.1, -0.05) is 19.1 Å². The number of benzene rings is 1. The quantitative estimate of drug-likeness (QED) is 0.867. The van der Waals surface area contributed by atoms with Crippen LogP contribution in [0, 0.1) is 0 Å². The standard InChI is InChI=1S/C15H21N3O/c1-3-14(16)12-4-6-13(7-5-12)19-11-8-15-17-9-10-18(15)2/h4-7,9-10,14H,3,8,11,16H2,1-2H3/t14-/m0/s1. The van der Waals surface area contributed by atoms with E-state index in [0.717, 1.165) is 30.0 Å². The van der Waals surface area contributed by atoms with Gasteiger partial charge in [0.05, 0.1) is 6.61 Å². The number of aryl methyl sites for hydroxylation is 1. The molecule has 0 saturated heterocycles. The molecule has 1 aromatic carbocycles. The molecule has 0 saturated carbocycles. The molecule has 1 aromatic heterocycles. The van der Waals surface area contributed by atoms with Crippen molar-refractivity contribution in [1.29, 1.82) is 0 Å². The van der Waals surface area contributed by atoms with Crippen LogP contribution in [0.25, 0.3) is 0 Å². The molecule has 0 unspecified atom stereocenters. The molecule has 2 N–H and O–H groups in total. The minimum Gasteiger partial charge on any atom is -0.493 e. The predicted octanol–water partition coefficient (Wildman–Crippen LogP) is 2.45. The Hall–Kier alpha value is -1.81. The third-order valence-electron chi connectivity index (χ3n) is 3.26. The summed E-state index contributed by atoms with van der Waals surface area (Å²) in [5.41, 5.74) is 7.13. The van der Waals surface area contributed by atoms with Crippen molar-refractivity contribution in [1.82, 2.24) is 9.55 Å². The maximum absolute atomic E-state index is 5.97. The second kappa shape index (κ2) is 6.38. The van der Waals surface area contributed by atoms with E-state index < -0.39 is 0 Å². The van der Waals surface area contributed by atoms with Gasteiger partial charge in [-0.25, -0.2) is 4.98 Å². The van der Waals surface area contributed by atoms with Gasteiger partial charge >= 0.3 is 0 Å². The van der Waals surface area contributed by atoms with Gasteiger partial charge < -0.3 is 15.0 Å². The molecule has 102 valence electrons. The van der Waals surface area contributed by atoms with Gasteiger partial charge in [-0.3, -0.25) is 0 Å². The number of nitrogens with zero attached hydrogens (tertiary/aromatic N) is 2. The van der Waals surface area contributed by atoms with Crippen LogP contribution in [-0.2, 0) is 13.5 Å². The number of aromatic nitrogens is 2. The zero-order chi connectivity index (χ0) is 13.7. The number of rotatable bonds is 6. The molecule has 0 amide bonds. The van der Waals surface area contributed by atoms with Crippen LogP contribution in [0.5, 0.6) is 5.75 Å². The number of ether oxygens (including phenoxy) is 1. The molecule has 0 bridgehead atoms. The lowest BCUT2D eigenvalue weighted by Crippen LogP contribution is -2.09. The van der Waals surface area contributed by atoms with Crippen LogP contribution in [-0.4, -0.2) is 16.2 Å². The van der Waals surface area contributed by atoms with E-state index in [-0.39, 0.29) is 6.04 Å². The first-order valence-corrected chi connectivity index (χ1v) is 6.65. The molecule has 1 heterocycles. The van der Waals surface area contributed by atoms with E-state index in [1.807, 2.05) is 42.1 Å². The van der Waals surface area contributed by atoms with Crippen LogP contribution in [0.15, 0.2) is 36.7 Å². The Morgan fingerprint density at radius 3 is 2.63 bits per heavy atom. The van der Waals surface area contributed by atoms with E-state index in [1.165, 1.54) is 0 Å². The van der Waals surface area contributed by atoms with Gasteiger partial charge in [0.2, 0.25) is 0 Å². The van der Waals surface area contributed by atoms with Crippen LogP contribution in [0.4, 0.5) is 0 Å². The van der Waals surface area contributed by atoms with Crippen molar-refractivity contribution in [3.05, 3.63) is 48.0 Å². The van der Waals surface area contributed by atoms with Crippen molar-refractivity contribution >= 4 is 0 Å². The third kappa shape index (κ3) is 3.58. The van der Waals surface area contributed by atoms with Gasteiger partial charge in [0.25, 0.3) is 0 Å². The number of hydrogen-bond acceptors (Lipinski definition) is 3. The zero-order valence-corrected chi connectivity index (χ0v) is 11.5. The Bertz CT molecular complexity index is 504. The van der Waals surface area contributed by atoms with Crippen LogP contribution in [0.2, 0.25) is 0 Å². The van der Waals surface area contributed by atoms with Crippen LogP contribution in [0.3, 0.4) is 0 Å². The molecule has 4 heteroatoms. The zero-order valence-electron chi connectivity index (χ0n) is 11.5. The highest BCUT2D eigenvalue weighted by Crippen LogP contribution is 2.18. The summed E-state index contributed by atoms with van der Waals surface area (Å²) >= 11 is 0. The lowest BCUT2D eigenvalue weighted by atomic mass is 10.1. The molecular weight excluding hydrogens is 238 g/mol. The van der Waals surface area contributed by atoms with E-state index >= 15 is 0 Å². The molecule has 1 atom stereocenters. The van der Waals surface area contributed by atoms with Crippen LogP contribution >= 0.6 is 0 Å². The second-order valence-corrected chi connectivity index (χ2v) is 4.64. The fourth-order valence-corrected chi connectivity index (χ4v) is 1.94. The highest BCUT2D eigenvalue weighted by Gasteiger charge is 2.03. The van der Waals surface area contributed by atoms with Crippen molar-refractivity contribution in [3.63, 3.8) is 0 Å². The van der Waals surface area contributed by atoms with E-state index in [0.29, 0.717) is 6.61 Å². The van der Waals surface area contributed by atoms with Crippen molar-refractivity contribution in [2.75, 3.05) is 6.61 Å². The van der Waals surface area contributed by atoms with Crippen molar-refractivity contribution < 1.29 is 4.74 Å². The molecule has 0 aliphatic carbocycles. The first-order chi connectivity index (χ1) is 9.20. The lowest BCUT2D eigenvalue weighted by molar-refractivity contribution is 0.317. The van der Waals surface area contributed by atoms with E-state index in [9.17, 15) is 0 Å². The molecule has 19 heavy (non-hydrogen) atoms. The maximum Gasteiger partial charge on any atom is 0.119 e. The largest absolute Gasteiger partial charge is 0.493 e. The highest BCUT2D eigenvalue weighted by atomic mass is 16.5. The molecule has 2 rings (SSSR count). The van der Waals surface area contributed by atoms with Crippen molar-refractivity contribution in [3.8, 4) is 5.75 Å². The van der Waals surface area contributed by atoms with E-state index in [1.54, 1.807) is 6.20 Å². The van der Waals surface area contributed by atoms with Gasteiger partial charge in [0.1, 0.15) is 11.6 Å². The minimum absolute atomic E-state index is 0.113. The van der Waals surface area contributed by atoms with Gasteiger partial charge in [0, 0.05) is 31.9 Å². The molecule has 2 aromatic rings. The molecule has 0 aliphatic heterocycles. The topological polar surface area (TPSA) is 53.1 Å². The second-order valence-electron chi connectivity index (χ2n) is 4.64. The predicted molar refractivity (Wildman–Crippen MR) is 76.1 cm³/mol. The smallest absolute Gasteiger partial charge is 0.119 e. The average Bonchev–Trinajstić information content (AvgIpc) is 2.84. The summed E-state index contributed by atoms with van der Waals surface area (Å²) in [6, 6.07) is 8.13. The Labute approximate surface area is 114 Å². The van der Waals surface area contributed by atoms with Gasteiger partial charge in [0.15, 0.2) is 0 Å². The maximum atomic E-state index is 5.97. The summed E-state index contributed by atoms with van der Waals surface area (Å²) in [5, 5.41) is 0. The SMILES string of the molecule is CC[C@H](N)c1ccc(OCCc2nccn2C)cc1. The Morgan fingerprint density at radius 2 is 2.05 bits per heavy atom. The summed E-state index contributed by atoms with van der Waals surface area (Å²) in [5.74, 6) is 1.91. The molecule has 4 nitrogen and oxygen atoms in total. The van der Waals surface area contributed by atoms with E-state index in [4.69, 9.17) is 10.5 Å². The summed E-state index contributed by atoms with van der Waals surface area (Å²) in [4.78, 5) is 4.26. The minimum atomic E-state index is 0.113. The van der Waals surface area contributed by atoms with Crippen molar-refractivity contribution in [2.45, 2.75) is 25.8 Å². The average molecular weight is 259 g/mol. The van der Waals surface area contributed by atoms with Gasteiger partial charge in [-0.15, -0.1) is 0 Å². The van der Waals surface area contributed by atoms with Gasteiger partial charge in [-0.05, 0) is 24.1 Å². The Morgan fingerprint density at radius 1 is 1.32 bits per heavy atom. The third-order valence-corrected chi connectivity index (χ3v) is 3.26. The normalized spacial score (nSPS) is 12.4. The fourth-order valence-electron chi connectivity index (χ4n) is 1.94. The monoisotopic (exact) mass is 259 g/mol. The Kier molecular flexibility index (Phi) is 4.58. The van der Waals surface area contributed by atoms with Crippen molar-refractivity contribution in [2.24, 2.45) is 12.8 Å². The van der Waals surface area contributed by atoms with Crippen LogP contribution in [0.1, 0.15) is 30.8 Å². The number of nitrogens with two attached hydrogens (primary N) is 1. The first-order valence-electron chi connectivity index (χ1n) is 6.65. The van der Waals surface area contributed by atoms with Crippen LogP contribution < -0.4 is 10.5 Å². The molecule has 0 fully saturated rings. The number of hydrogen-bond donors (Lipinski definition) is 1. The summed E-state index contributed by atoms with van der Waals surface area (Å²) in [6.45, 7) is 2.71. The summed E-state index contributed by atoms with van der Waals surface area (Å²) in [6.07, 6.45) is 5.49. The fraction of sp³-hybridized carbons (Fsp3) is 0.400. The highest BCUT2D eigenvalue weighted by molar-refractivity contribution is 5.29. The summed E-state index contributed by atoms with van der Waals surface area (Å²) in [7, 11) is 1.99. The molecule has 0 aliphatic rings. The number of imidazole rings is 1. The Balaban J connectivity index is 1.85. The lowest BCUT2D eigenvalue weighted by Gasteiger charge is -2.10. The molecule has 0 spiro atoms.